The van der Waals surface area contributed by atoms with E-state index in [0.29, 0.717) is 18.6 Å². The number of carbonyl (C=O) groups is 1. The summed E-state index contributed by atoms with van der Waals surface area (Å²) in [5, 5.41) is 3.32. The van der Waals surface area contributed by atoms with Gasteiger partial charge in [-0.15, -0.1) is 0 Å². The van der Waals surface area contributed by atoms with Crippen LogP contribution in [0.3, 0.4) is 0 Å². The third-order valence-electron chi connectivity index (χ3n) is 5.09. The molecule has 1 aliphatic carbocycles. The number of hydrogen-bond donors (Lipinski definition) is 1. The summed E-state index contributed by atoms with van der Waals surface area (Å²) in [5.74, 6) is 1.18. The zero-order chi connectivity index (χ0) is 14.8. The average Bonchev–Trinajstić information content (AvgIpc) is 3.23. The zero-order valence-corrected chi connectivity index (χ0v) is 13.4. The first kappa shape index (κ1) is 15.8. The Morgan fingerprint density at radius 3 is 2.55 bits per heavy atom. The van der Waals surface area contributed by atoms with E-state index in [9.17, 15) is 4.79 Å². The van der Waals surface area contributed by atoms with Crippen LogP contribution in [-0.2, 0) is 9.53 Å². The Labute approximate surface area is 123 Å². The van der Waals surface area contributed by atoms with Gasteiger partial charge in [0.15, 0.2) is 0 Å². The molecule has 0 aromatic carbocycles. The van der Waals surface area contributed by atoms with E-state index in [2.05, 4.69) is 24.1 Å². The van der Waals surface area contributed by atoms with Crippen LogP contribution >= 0.6 is 0 Å². The predicted molar refractivity (Wildman–Crippen MR) is 80.6 cm³/mol. The van der Waals surface area contributed by atoms with Crippen molar-refractivity contribution >= 4 is 5.97 Å². The molecule has 3 unspecified atom stereocenters. The van der Waals surface area contributed by atoms with Crippen molar-refractivity contribution < 1.29 is 9.53 Å². The smallest absolute Gasteiger partial charge is 0.327 e. The molecule has 20 heavy (non-hydrogen) atoms. The fourth-order valence-electron chi connectivity index (χ4n) is 3.59. The molecule has 4 heteroatoms. The molecule has 1 aliphatic heterocycles. The van der Waals surface area contributed by atoms with E-state index in [4.69, 9.17) is 4.74 Å². The van der Waals surface area contributed by atoms with Crippen molar-refractivity contribution in [1.29, 1.82) is 0 Å². The van der Waals surface area contributed by atoms with Gasteiger partial charge in [0.1, 0.15) is 5.54 Å². The van der Waals surface area contributed by atoms with Crippen LogP contribution in [0.25, 0.3) is 0 Å². The van der Waals surface area contributed by atoms with Crippen molar-refractivity contribution in [3.63, 3.8) is 0 Å². The molecule has 2 rings (SSSR count). The summed E-state index contributed by atoms with van der Waals surface area (Å²) in [7, 11) is 1.91. The Balaban J connectivity index is 2.09. The number of nitrogens with zero attached hydrogens (tertiary/aromatic N) is 1. The molecule has 1 N–H and O–H groups in total. The topological polar surface area (TPSA) is 41.6 Å². The monoisotopic (exact) mass is 282 g/mol. The third-order valence-corrected chi connectivity index (χ3v) is 5.09. The highest BCUT2D eigenvalue weighted by atomic mass is 16.5. The molecule has 0 spiro atoms. The Morgan fingerprint density at radius 1 is 1.35 bits per heavy atom. The van der Waals surface area contributed by atoms with Crippen molar-refractivity contribution in [3.8, 4) is 0 Å². The lowest BCUT2D eigenvalue weighted by molar-refractivity contribution is -0.153. The maximum Gasteiger partial charge on any atom is 0.327 e. The highest BCUT2D eigenvalue weighted by Crippen LogP contribution is 2.41. The van der Waals surface area contributed by atoms with E-state index < -0.39 is 5.54 Å². The molecule has 0 aromatic rings. The molecule has 1 saturated carbocycles. The highest BCUT2D eigenvalue weighted by Gasteiger charge is 2.52. The summed E-state index contributed by atoms with van der Waals surface area (Å²) < 4.78 is 5.37. The van der Waals surface area contributed by atoms with E-state index >= 15 is 0 Å². The lowest BCUT2D eigenvalue weighted by Gasteiger charge is -2.42. The summed E-state index contributed by atoms with van der Waals surface area (Å²) in [4.78, 5) is 15.0. The van der Waals surface area contributed by atoms with Crippen molar-refractivity contribution in [1.82, 2.24) is 10.2 Å². The second-order valence-electron chi connectivity index (χ2n) is 6.67. The van der Waals surface area contributed by atoms with E-state index in [-0.39, 0.29) is 5.97 Å². The molecule has 1 heterocycles. The van der Waals surface area contributed by atoms with Gasteiger partial charge in [0.2, 0.25) is 0 Å². The first-order valence-electron chi connectivity index (χ1n) is 8.13. The predicted octanol–water partition coefficient (Wildman–Crippen LogP) is 2.04. The van der Waals surface area contributed by atoms with Crippen LogP contribution in [0, 0.1) is 11.8 Å². The number of likely N-dealkylation sites (N-methyl/N-ethyl adjacent to an activating group) is 1. The number of piperidine rings is 1. The Morgan fingerprint density at radius 2 is 2.05 bits per heavy atom. The molecule has 3 atom stereocenters. The number of hydrogen-bond acceptors (Lipinski definition) is 4. The van der Waals surface area contributed by atoms with E-state index in [1.165, 1.54) is 12.8 Å². The van der Waals surface area contributed by atoms with Crippen LogP contribution in [0.1, 0.15) is 46.5 Å². The van der Waals surface area contributed by atoms with Gasteiger partial charge in [-0.1, -0.05) is 6.92 Å². The number of rotatable bonds is 6. The standard InChI is InChI=1S/C16H30N2O2/c1-5-20-15(19)16(17-4,14-6-7-14)11-18-9-8-12(2)10-13(18)3/h12-14,17H,5-11H2,1-4H3. The maximum absolute atomic E-state index is 12.5. The van der Waals surface area contributed by atoms with Crippen LogP contribution < -0.4 is 5.32 Å². The molecule has 0 radical (unpaired) electrons. The molecule has 0 aromatic heterocycles. The fourth-order valence-corrected chi connectivity index (χ4v) is 3.59. The molecule has 1 saturated heterocycles. The van der Waals surface area contributed by atoms with Crippen LogP contribution in [0.2, 0.25) is 0 Å². The molecule has 0 amide bonds. The summed E-state index contributed by atoms with van der Waals surface area (Å²) in [6.45, 7) is 8.84. The van der Waals surface area contributed by atoms with Gasteiger partial charge in [-0.3, -0.25) is 4.90 Å². The summed E-state index contributed by atoms with van der Waals surface area (Å²) in [6.07, 6.45) is 4.74. The summed E-state index contributed by atoms with van der Waals surface area (Å²) >= 11 is 0. The van der Waals surface area contributed by atoms with Gasteiger partial charge in [0, 0.05) is 12.6 Å². The number of carbonyl (C=O) groups excluding carboxylic acids is 1. The second-order valence-corrected chi connectivity index (χ2v) is 6.67. The number of nitrogens with one attached hydrogen (secondary N) is 1. The van der Waals surface area contributed by atoms with Crippen molar-refractivity contribution in [2.75, 3.05) is 26.7 Å². The molecule has 116 valence electrons. The minimum Gasteiger partial charge on any atom is -0.465 e. The van der Waals surface area contributed by atoms with Gasteiger partial charge in [-0.05, 0) is 65.0 Å². The SMILES string of the molecule is CCOC(=O)C(CN1CCC(C)CC1C)(NC)C1CC1. The third kappa shape index (κ3) is 3.17. The number of esters is 1. The van der Waals surface area contributed by atoms with Crippen LogP contribution in [-0.4, -0.2) is 49.2 Å². The molecule has 4 nitrogen and oxygen atoms in total. The minimum atomic E-state index is -0.495. The van der Waals surface area contributed by atoms with Crippen LogP contribution in [0.15, 0.2) is 0 Å². The van der Waals surface area contributed by atoms with Crippen LogP contribution in [0.4, 0.5) is 0 Å². The van der Waals surface area contributed by atoms with Gasteiger partial charge >= 0.3 is 5.97 Å². The van der Waals surface area contributed by atoms with E-state index in [0.717, 1.165) is 31.8 Å². The number of ether oxygens (including phenoxy) is 1. The number of likely N-dealkylation sites (tertiary alicyclic amines) is 1. The average molecular weight is 282 g/mol. The van der Waals surface area contributed by atoms with Gasteiger partial charge in [-0.25, -0.2) is 4.79 Å². The Kier molecular flexibility index (Phi) is 5.08. The minimum absolute atomic E-state index is 0.0594. The Bertz CT molecular complexity index is 343. The first-order chi connectivity index (χ1) is 9.53. The summed E-state index contributed by atoms with van der Waals surface area (Å²) in [6, 6.07) is 0.555. The zero-order valence-electron chi connectivity index (χ0n) is 13.4. The van der Waals surface area contributed by atoms with Crippen molar-refractivity contribution in [2.45, 2.75) is 58.0 Å². The normalized spacial score (nSPS) is 30.8. The fraction of sp³-hybridized carbons (Fsp3) is 0.938. The molecular weight excluding hydrogens is 252 g/mol. The Hall–Kier alpha value is -0.610. The maximum atomic E-state index is 12.5. The summed E-state index contributed by atoms with van der Waals surface area (Å²) in [5.41, 5.74) is -0.495. The van der Waals surface area contributed by atoms with E-state index in [1.807, 2.05) is 14.0 Å². The van der Waals surface area contributed by atoms with Crippen LogP contribution in [0.5, 0.6) is 0 Å². The molecule has 0 bridgehead atoms. The molecule has 2 aliphatic rings. The lowest BCUT2D eigenvalue weighted by Crippen LogP contribution is -2.62. The first-order valence-corrected chi connectivity index (χ1v) is 8.13. The van der Waals surface area contributed by atoms with Crippen molar-refractivity contribution in [3.05, 3.63) is 0 Å². The highest BCUT2D eigenvalue weighted by molar-refractivity contribution is 5.82. The molecule has 2 fully saturated rings. The van der Waals surface area contributed by atoms with E-state index in [1.54, 1.807) is 0 Å². The lowest BCUT2D eigenvalue weighted by atomic mass is 9.88. The van der Waals surface area contributed by atoms with Crippen molar-refractivity contribution in [2.24, 2.45) is 11.8 Å². The second kappa shape index (κ2) is 6.44. The van der Waals surface area contributed by atoms with Gasteiger partial charge in [0.25, 0.3) is 0 Å². The quantitative estimate of drug-likeness (QED) is 0.757. The molecular formula is C16H30N2O2. The van der Waals surface area contributed by atoms with Gasteiger partial charge < -0.3 is 10.1 Å². The largest absolute Gasteiger partial charge is 0.465 e. The van der Waals surface area contributed by atoms with Gasteiger partial charge in [0.05, 0.1) is 6.61 Å². The van der Waals surface area contributed by atoms with Gasteiger partial charge in [-0.2, -0.15) is 0 Å².